The average molecular weight is 544 g/mol. The van der Waals surface area contributed by atoms with Crippen molar-refractivity contribution < 1.29 is 28.6 Å². The van der Waals surface area contributed by atoms with Gasteiger partial charge in [0.2, 0.25) is 11.8 Å². The van der Waals surface area contributed by atoms with E-state index in [1.807, 2.05) is 36.4 Å². The molecule has 3 aromatic rings. The molecule has 3 heterocycles. The number of nitrogens with zero attached hydrogens (tertiary/aromatic N) is 1. The standard InChI is InChI=1S/C31H33N3O6/c1-38-27-12-9-22-17-28(27)40-15-6-5-14-34(31(37)21-7-3-2-4-8-21)20-30(36)32-13-16-39-23-10-11-24-25(22)19-29(35)33-26(24)18-23/h2-4,7-12,17-18,25H,5-6,13-16,19-20H2,1H3,(H,32,36)(H,33,35). The van der Waals surface area contributed by atoms with Crippen molar-refractivity contribution in [2.45, 2.75) is 25.2 Å². The highest BCUT2D eigenvalue weighted by atomic mass is 16.5. The molecule has 9 heteroatoms. The van der Waals surface area contributed by atoms with Crippen LogP contribution < -0.4 is 24.8 Å². The second kappa shape index (κ2) is 12.5. The summed E-state index contributed by atoms with van der Waals surface area (Å²) in [6.07, 6.45) is 1.63. The molecule has 6 rings (SSSR count). The first-order chi connectivity index (χ1) is 19.5. The number of amides is 3. The lowest BCUT2D eigenvalue weighted by Crippen LogP contribution is -2.42. The van der Waals surface area contributed by atoms with E-state index in [0.29, 0.717) is 60.9 Å². The van der Waals surface area contributed by atoms with E-state index < -0.39 is 0 Å². The molecule has 208 valence electrons. The summed E-state index contributed by atoms with van der Waals surface area (Å²) in [7, 11) is 1.59. The van der Waals surface area contributed by atoms with Gasteiger partial charge in [0, 0.05) is 36.2 Å². The largest absolute Gasteiger partial charge is 0.493 e. The van der Waals surface area contributed by atoms with Crippen molar-refractivity contribution in [1.82, 2.24) is 10.2 Å². The molecule has 0 aliphatic carbocycles. The predicted octanol–water partition coefficient (Wildman–Crippen LogP) is 3.98. The van der Waals surface area contributed by atoms with Gasteiger partial charge in [0.15, 0.2) is 11.5 Å². The van der Waals surface area contributed by atoms with Crippen LogP contribution in [-0.4, -0.2) is 62.6 Å². The molecule has 3 aromatic carbocycles. The smallest absolute Gasteiger partial charge is 0.254 e. The number of benzene rings is 3. The Labute approximate surface area is 233 Å². The Kier molecular flexibility index (Phi) is 8.49. The molecular weight excluding hydrogens is 510 g/mol. The van der Waals surface area contributed by atoms with E-state index in [9.17, 15) is 14.4 Å². The number of fused-ring (bicyclic) bond motifs is 12. The summed E-state index contributed by atoms with van der Waals surface area (Å²) in [4.78, 5) is 40.1. The quantitative estimate of drug-likeness (QED) is 0.474. The Hall–Kier alpha value is -4.53. The summed E-state index contributed by atoms with van der Waals surface area (Å²) >= 11 is 0. The van der Waals surface area contributed by atoms with Crippen LogP contribution in [0.25, 0.3) is 0 Å². The molecule has 40 heavy (non-hydrogen) atoms. The van der Waals surface area contributed by atoms with Crippen molar-refractivity contribution in [3.05, 3.63) is 83.4 Å². The molecule has 6 bridgehead atoms. The Balaban J connectivity index is 1.39. The zero-order valence-electron chi connectivity index (χ0n) is 22.5. The van der Waals surface area contributed by atoms with Crippen molar-refractivity contribution in [1.29, 1.82) is 0 Å². The molecular formula is C31H33N3O6. The fourth-order valence-corrected chi connectivity index (χ4v) is 5.05. The highest BCUT2D eigenvalue weighted by Crippen LogP contribution is 2.41. The number of nitrogens with one attached hydrogen (secondary N) is 2. The summed E-state index contributed by atoms with van der Waals surface area (Å²) in [5.41, 5.74) is 3.19. The zero-order valence-corrected chi connectivity index (χ0v) is 22.5. The first kappa shape index (κ1) is 27.1. The molecule has 0 spiro atoms. The van der Waals surface area contributed by atoms with Gasteiger partial charge in [0.1, 0.15) is 12.4 Å². The number of anilines is 1. The Morgan fingerprint density at radius 2 is 1.80 bits per heavy atom. The molecule has 0 saturated carbocycles. The maximum atomic E-state index is 13.2. The Morgan fingerprint density at radius 1 is 0.950 bits per heavy atom. The molecule has 0 radical (unpaired) electrons. The van der Waals surface area contributed by atoms with Gasteiger partial charge in [-0.25, -0.2) is 0 Å². The van der Waals surface area contributed by atoms with Gasteiger partial charge >= 0.3 is 0 Å². The second-order valence-corrected chi connectivity index (χ2v) is 9.81. The summed E-state index contributed by atoms with van der Waals surface area (Å²) in [5, 5.41) is 5.79. The molecule has 1 unspecified atom stereocenters. The van der Waals surface area contributed by atoms with Gasteiger partial charge < -0.3 is 29.7 Å². The van der Waals surface area contributed by atoms with E-state index in [4.69, 9.17) is 14.2 Å². The van der Waals surface area contributed by atoms with Crippen molar-refractivity contribution in [3.63, 3.8) is 0 Å². The van der Waals surface area contributed by atoms with Crippen LogP contribution in [0.3, 0.4) is 0 Å². The van der Waals surface area contributed by atoms with Crippen LogP contribution in [0.2, 0.25) is 0 Å². The van der Waals surface area contributed by atoms with Crippen molar-refractivity contribution in [2.24, 2.45) is 0 Å². The van der Waals surface area contributed by atoms with Gasteiger partial charge in [-0.2, -0.15) is 0 Å². The molecule has 3 aliphatic heterocycles. The lowest BCUT2D eigenvalue weighted by atomic mass is 9.84. The number of carbonyl (C=O) groups is 3. The molecule has 9 nitrogen and oxygen atoms in total. The van der Waals surface area contributed by atoms with Gasteiger partial charge in [-0.3, -0.25) is 14.4 Å². The maximum absolute atomic E-state index is 13.2. The second-order valence-electron chi connectivity index (χ2n) is 9.81. The minimum absolute atomic E-state index is 0.0588. The van der Waals surface area contributed by atoms with Gasteiger partial charge in [-0.1, -0.05) is 30.3 Å². The summed E-state index contributed by atoms with van der Waals surface area (Å²) in [5.74, 6) is 1.11. The van der Waals surface area contributed by atoms with Gasteiger partial charge in [-0.15, -0.1) is 0 Å². The topological polar surface area (TPSA) is 106 Å². The van der Waals surface area contributed by atoms with E-state index >= 15 is 0 Å². The SMILES string of the molecule is COc1ccc2cc1OCCCCN(C(=O)c1ccccc1)CC(=O)NCCOc1ccc3c(c1)NC(=O)CC23. The number of ether oxygens (including phenoxy) is 3. The van der Waals surface area contributed by atoms with Crippen LogP contribution in [0.4, 0.5) is 5.69 Å². The minimum Gasteiger partial charge on any atom is -0.493 e. The normalized spacial score (nSPS) is 18.0. The van der Waals surface area contributed by atoms with Gasteiger partial charge in [0.25, 0.3) is 5.91 Å². The molecule has 3 amide bonds. The van der Waals surface area contributed by atoms with E-state index in [0.717, 1.165) is 11.1 Å². The van der Waals surface area contributed by atoms with E-state index in [2.05, 4.69) is 10.6 Å². The third kappa shape index (κ3) is 6.36. The summed E-state index contributed by atoms with van der Waals surface area (Å²) < 4.78 is 17.5. The summed E-state index contributed by atoms with van der Waals surface area (Å²) in [6.45, 7) is 1.27. The van der Waals surface area contributed by atoms with Gasteiger partial charge in [0.05, 0.1) is 26.8 Å². The maximum Gasteiger partial charge on any atom is 0.254 e. The van der Waals surface area contributed by atoms with Crippen LogP contribution in [0.5, 0.6) is 17.2 Å². The highest BCUT2D eigenvalue weighted by Gasteiger charge is 2.28. The first-order valence-corrected chi connectivity index (χ1v) is 13.5. The van der Waals surface area contributed by atoms with Crippen LogP contribution in [0.15, 0.2) is 66.7 Å². The van der Waals surface area contributed by atoms with Crippen molar-refractivity contribution in [2.75, 3.05) is 45.3 Å². The van der Waals surface area contributed by atoms with E-state index in [1.165, 1.54) is 0 Å². The number of carbonyl (C=O) groups excluding carboxylic acids is 3. The molecule has 3 aliphatic rings. The van der Waals surface area contributed by atoms with E-state index in [1.54, 1.807) is 42.3 Å². The van der Waals surface area contributed by atoms with Crippen LogP contribution in [0.1, 0.15) is 46.7 Å². The fraction of sp³-hybridized carbons (Fsp3) is 0.323. The third-order valence-corrected chi connectivity index (χ3v) is 7.07. The lowest BCUT2D eigenvalue weighted by Gasteiger charge is -2.27. The average Bonchev–Trinajstić information content (AvgIpc) is 2.97. The number of rotatable bonds is 2. The van der Waals surface area contributed by atoms with Crippen LogP contribution in [0, 0.1) is 0 Å². The van der Waals surface area contributed by atoms with Crippen LogP contribution >= 0.6 is 0 Å². The van der Waals surface area contributed by atoms with E-state index in [-0.39, 0.29) is 43.3 Å². The highest BCUT2D eigenvalue weighted by molar-refractivity contribution is 5.97. The first-order valence-electron chi connectivity index (χ1n) is 13.5. The number of hydrogen-bond donors (Lipinski definition) is 2. The zero-order chi connectivity index (χ0) is 27.9. The predicted molar refractivity (Wildman–Crippen MR) is 150 cm³/mol. The number of hydrogen-bond acceptors (Lipinski definition) is 6. The van der Waals surface area contributed by atoms with Crippen LogP contribution in [-0.2, 0) is 9.59 Å². The minimum atomic E-state index is -0.263. The Bertz CT molecular complexity index is 1380. The molecule has 1 atom stereocenters. The molecule has 0 saturated heterocycles. The van der Waals surface area contributed by atoms with Gasteiger partial charge in [-0.05, 0) is 54.3 Å². The summed E-state index contributed by atoms with van der Waals surface area (Å²) in [6, 6.07) is 20.3. The van der Waals surface area contributed by atoms with Crippen molar-refractivity contribution >= 4 is 23.4 Å². The molecule has 0 aromatic heterocycles. The lowest BCUT2D eigenvalue weighted by molar-refractivity contribution is -0.122. The van der Waals surface area contributed by atoms with Crippen molar-refractivity contribution in [3.8, 4) is 17.2 Å². The third-order valence-electron chi connectivity index (χ3n) is 7.07. The molecule has 2 N–H and O–H groups in total. The molecule has 0 fully saturated rings. The Morgan fingerprint density at radius 3 is 2.62 bits per heavy atom. The monoisotopic (exact) mass is 543 g/mol. The fourth-order valence-electron chi connectivity index (χ4n) is 5.05. The number of methoxy groups -OCH3 is 1.